The van der Waals surface area contributed by atoms with Crippen LogP contribution in [0.4, 0.5) is 0 Å². The highest BCUT2D eigenvalue weighted by atomic mass is 35.6. The minimum Gasteiger partial charge on any atom is -0.348 e. The van der Waals surface area contributed by atoms with Gasteiger partial charge < -0.3 is 18.5 Å². The fraction of sp³-hybridized carbons (Fsp3) is 0.750. The van der Waals surface area contributed by atoms with Crippen LogP contribution < -0.4 is 0 Å². The average molecular weight is 611 g/mol. The van der Waals surface area contributed by atoms with Crippen molar-refractivity contribution in [2.24, 2.45) is 0 Å². The first-order valence-electron chi connectivity index (χ1n) is 11.1. The van der Waals surface area contributed by atoms with Crippen LogP contribution in [0.25, 0.3) is 0 Å². The number of rotatable bonds is 2. The van der Waals surface area contributed by atoms with Gasteiger partial charge >= 0.3 is 0 Å². The second kappa shape index (κ2) is 11.2. The molecule has 3 fully saturated rings. The molecule has 0 bridgehead atoms. The van der Waals surface area contributed by atoms with E-state index in [4.69, 9.17) is 88.1 Å². The number of Topliss-reactive ketones (excluding diaryl/α,β-unsaturated/α-hetero) is 1. The van der Waals surface area contributed by atoms with Crippen molar-refractivity contribution in [2.45, 2.75) is 76.6 Å². The monoisotopic (exact) mass is 608 g/mol. The van der Waals surface area contributed by atoms with Crippen LogP contribution in [0.3, 0.4) is 0 Å². The lowest BCUT2D eigenvalue weighted by atomic mass is 9.84. The molecule has 2 aromatic rings. The molecule has 35 heavy (non-hydrogen) atoms. The molecule has 9 nitrogen and oxygen atoms in total. The Kier molecular flexibility index (Phi) is 8.81. The molecule has 2 aliphatic carbocycles. The van der Waals surface area contributed by atoms with Gasteiger partial charge in [0.05, 0.1) is 13.2 Å². The number of carbonyl (C=O) groups is 1. The number of alkyl halides is 6. The van der Waals surface area contributed by atoms with Crippen molar-refractivity contribution in [1.29, 1.82) is 0 Å². The molecule has 3 heterocycles. The Balaban J connectivity index is 0.000000168. The van der Waals surface area contributed by atoms with Crippen molar-refractivity contribution in [2.75, 3.05) is 13.2 Å². The zero-order chi connectivity index (χ0) is 25.3. The van der Waals surface area contributed by atoms with Crippen molar-refractivity contribution < 1.29 is 23.3 Å². The van der Waals surface area contributed by atoms with E-state index in [0.717, 1.165) is 38.5 Å². The SMILES string of the molecule is ClC(Cl)(Cl)c1nc(C2CCC3(CC2)OCCO3)no1.O=C1CCC(c2noc(C(Cl)(Cl)Cl)n2)CC1. The molecule has 0 N–H and O–H groups in total. The second-order valence-corrected chi connectivity index (χ2v) is 13.2. The number of nitrogens with zero attached hydrogens (tertiary/aromatic N) is 4. The van der Waals surface area contributed by atoms with E-state index < -0.39 is 13.4 Å². The van der Waals surface area contributed by atoms with E-state index in [1.807, 2.05) is 0 Å². The number of aromatic nitrogens is 4. The highest BCUT2D eigenvalue weighted by Crippen LogP contribution is 2.43. The molecule has 1 saturated heterocycles. The van der Waals surface area contributed by atoms with E-state index in [1.54, 1.807) is 0 Å². The van der Waals surface area contributed by atoms with Crippen LogP contribution in [0, 0.1) is 0 Å². The van der Waals surface area contributed by atoms with Crippen molar-refractivity contribution >= 4 is 75.4 Å². The predicted octanol–water partition coefficient (Wildman–Crippen LogP) is 6.42. The Bertz CT molecular complexity index is 994. The summed E-state index contributed by atoms with van der Waals surface area (Å²) in [6.45, 7) is 1.34. The van der Waals surface area contributed by atoms with Crippen LogP contribution in [0.2, 0.25) is 0 Å². The lowest BCUT2D eigenvalue weighted by Crippen LogP contribution is -2.34. The van der Waals surface area contributed by atoms with Gasteiger partial charge in [0.2, 0.25) is 0 Å². The molecular formula is C20H22Cl6N4O5. The van der Waals surface area contributed by atoms with Gasteiger partial charge in [0.1, 0.15) is 5.78 Å². The third-order valence-electron chi connectivity index (χ3n) is 6.20. The van der Waals surface area contributed by atoms with Gasteiger partial charge in [-0.3, -0.25) is 4.79 Å². The summed E-state index contributed by atoms with van der Waals surface area (Å²) in [4.78, 5) is 19.3. The van der Waals surface area contributed by atoms with E-state index in [-0.39, 0.29) is 29.4 Å². The summed E-state index contributed by atoms with van der Waals surface area (Å²) in [7, 11) is 0. The van der Waals surface area contributed by atoms with Crippen LogP contribution in [0.1, 0.15) is 86.6 Å². The van der Waals surface area contributed by atoms with Crippen molar-refractivity contribution in [3.05, 3.63) is 23.4 Å². The third-order valence-corrected chi connectivity index (χ3v) is 7.17. The molecule has 194 valence electrons. The number of halogens is 6. The molecule has 5 rings (SSSR count). The number of carbonyl (C=O) groups excluding carboxylic acids is 1. The summed E-state index contributed by atoms with van der Waals surface area (Å²) in [5, 5.41) is 7.68. The minimum atomic E-state index is -1.68. The Labute approximate surface area is 231 Å². The van der Waals surface area contributed by atoms with Gasteiger partial charge in [0, 0.05) is 37.5 Å². The molecule has 1 aliphatic heterocycles. The normalized spacial score (nSPS) is 21.8. The summed E-state index contributed by atoms with van der Waals surface area (Å²) in [5.74, 6) is 1.32. The lowest BCUT2D eigenvalue weighted by Gasteiger charge is -2.34. The Morgan fingerprint density at radius 2 is 1.14 bits per heavy atom. The largest absolute Gasteiger partial charge is 0.348 e. The van der Waals surface area contributed by atoms with Crippen LogP contribution in [-0.2, 0) is 21.9 Å². The van der Waals surface area contributed by atoms with Crippen LogP contribution in [-0.4, -0.2) is 45.1 Å². The molecule has 0 unspecified atom stereocenters. The highest BCUT2D eigenvalue weighted by Gasteiger charge is 2.42. The van der Waals surface area contributed by atoms with E-state index in [9.17, 15) is 4.79 Å². The molecular weight excluding hydrogens is 589 g/mol. The lowest BCUT2D eigenvalue weighted by molar-refractivity contribution is -0.179. The number of hydrogen-bond donors (Lipinski definition) is 0. The van der Waals surface area contributed by atoms with Crippen molar-refractivity contribution in [1.82, 2.24) is 20.3 Å². The van der Waals surface area contributed by atoms with E-state index in [1.165, 1.54) is 0 Å². The molecule has 0 amide bonds. The molecule has 0 atom stereocenters. The minimum absolute atomic E-state index is 0.0150. The first-order valence-corrected chi connectivity index (χ1v) is 13.3. The van der Waals surface area contributed by atoms with Gasteiger partial charge in [-0.25, -0.2) is 0 Å². The van der Waals surface area contributed by atoms with Gasteiger partial charge in [0.15, 0.2) is 17.4 Å². The smallest absolute Gasteiger partial charge is 0.278 e. The van der Waals surface area contributed by atoms with Gasteiger partial charge in [-0.1, -0.05) is 79.9 Å². The van der Waals surface area contributed by atoms with Gasteiger partial charge in [-0.2, -0.15) is 9.97 Å². The molecule has 0 aromatic carbocycles. The van der Waals surface area contributed by atoms with Crippen molar-refractivity contribution in [3.8, 4) is 0 Å². The highest BCUT2D eigenvalue weighted by molar-refractivity contribution is 6.66. The first-order chi connectivity index (χ1) is 16.5. The molecule has 2 aromatic heterocycles. The molecule has 2 saturated carbocycles. The quantitative estimate of drug-likeness (QED) is 0.355. The summed E-state index contributed by atoms with van der Waals surface area (Å²) >= 11 is 34.0. The standard InChI is InChI=1S/C11H13Cl3N2O3.C9H9Cl3N2O2/c12-11(13,14)9-15-8(16-19-9)7-1-3-10(4-2-7)17-5-6-18-10;10-9(11,12)8-13-7(14-16-8)5-1-3-6(15)4-2-5/h7H,1-6H2;5H,1-4H2. The maximum atomic E-state index is 11.1. The fourth-order valence-corrected chi connectivity index (χ4v) is 4.79. The second-order valence-electron chi connectivity index (χ2n) is 8.61. The Hall–Kier alpha value is -0.390. The first kappa shape index (κ1) is 27.6. The Morgan fingerprint density at radius 1 is 0.714 bits per heavy atom. The summed E-state index contributed by atoms with van der Waals surface area (Å²) in [6, 6.07) is 0. The summed E-state index contributed by atoms with van der Waals surface area (Å²) in [6.07, 6.45) is 5.99. The molecule has 1 spiro atoms. The van der Waals surface area contributed by atoms with Gasteiger partial charge in [0.25, 0.3) is 19.4 Å². The van der Waals surface area contributed by atoms with Crippen molar-refractivity contribution in [3.63, 3.8) is 0 Å². The molecule has 15 heteroatoms. The summed E-state index contributed by atoms with van der Waals surface area (Å²) in [5.41, 5.74) is 0. The number of ketones is 1. The molecule has 3 aliphatic rings. The maximum absolute atomic E-state index is 11.1. The topological polar surface area (TPSA) is 113 Å². The third kappa shape index (κ3) is 7.13. The van der Waals surface area contributed by atoms with E-state index >= 15 is 0 Å². The summed E-state index contributed by atoms with van der Waals surface area (Å²) < 4.78 is 17.8. The molecule has 0 radical (unpaired) electrons. The maximum Gasteiger partial charge on any atom is 0.278 e. The van der Waals surface area contributed by atoms with Gasteiger partial charge in [-0.05, 0) is 25.7 Å². The zero-order valence-corrected chi connectivity index (χ0v) is 22.9. The number of hydrogen-bond acceptors (Lipinski definition) is 9. The van der Waals surface area contributed by atoms with Crippen LogP contribution in [0.5, 0.6) is 0 Å². The zero-order valence-electron chi connectivity index (χ0n) is 18.3. The number of ether oxygens (including phenoxy) is 2. The average Bonchev–Trinajstić information content (AvgIpc) is 3.56. The van der Waals surface area contributed by atoms with E-state index in [0.29, 0.717) is 37.7 Å². The Morgan fingerprint density at radius 3 is 1.54 bits per heavy atom. The predicted molar refractivity (Wildman–Crippen MR) is 129 cm³/mol. The van der Waals surface area contributed by atoms with Crippen LogP contribution >= 0.6 is 69.6 Å². The van der Waals surface area contributed by atoms with Crippen LogP contribution in [0.15, 0.2) is 9.05 Å². The fourth-order valence-electron chi connectivity index (χ4n) is 4.33. The van der Waals surface area contributed by atoms with E-state index in [2.05, 4.69) is 20.3 Å². The van der Waals surface area contributed by atoms with Gasteiger partial charge in [-0.15, -0.1) is 0 Å².